The van der Waals surface area contributed by atoms with Crippen LogP contribution in [-0.4, -0.2) is 35.8 Å². The number of rotatable bonds is 4. The van der Waals surface area contributed by atoms with Gasteiger partial charge in [0.25, 0.3) is 0 Å². The summed E-state index contributed by atoms with van der Waals surface area (Å²) in [5.41, 5.74) is 0.851. The Morgan fingerprint density at radius 1 is 1.27 bits per heavy atom. The molecule has 0 aliphatic carbocycles. The fourth-order valence-electron chi connectivity index (χ4n) is 2.71. The lowest BCUT2D eigenvalue weighted by molar-refractivity contribution is 0.0531. The van der Waals surface area contributed by atoms with Gasteiger partial charge >= 0.3 is 5.97 Å². The molecule has 0 amide bonds. The molecule has 0 atom stereocenters. The molecule has 0 saturated heterocycles. The number of aromatic nitrogens is 2. The maximum Gasteiger partial charge on any atom is 0.348 e. The molecule has 0 unspecified atom stereocenters. The predicted molar refractivity (Wildman–Crippen MR) is 99.7 cm³/mol. The number of hydrogen-bond acceptors (Lipinski definition) is 8. The van der Waals surface area contributed by atoms with Crippen LogP contribution in [0.3, 0.4) is 0 Å². The van der Waals surface area contributed by atoms with Crippen molar-refractivity contribution in [3.8, 4) is 11.5 Å². The highest BCUT2D eigenvalue weighted by molar-refractivity contribution is 7.99. The molecule has 0 radical (unpaired) electrons. The van der Waals surface area contributed by atoms with E-state index < -0.39 is 0 Å². The van der Waals surface area contributed by atoms with Gasteiger partial charge < -0.3 is 14.2 Å². The predicted octanol–water partition coefficient (Wildman–Crippen LogP) is 4.10. The van der Waals surface area contributed by atoms with Gasteiger partial charge in [0.1, 0.15) is 34.3 Å². The van der Waals surface area contributed by atoms with Crippen LogP contribution in [0, 0.1) is 6.92 Å². The number of nitrogens with zero attached hydrogens (tertiary/aromatic N) is 2. The van der Waals surface area contributed by atoms with Gasteiger partial charge in [0.05, 0.1) is 6.61 Å². The van der Waals surface area contributed by atoms with Crippen LogP contribution in [0.15, 0.2) is 34.4 Å². The molecule has 0 bridgehead atoms. The van der Waals surface area contributed by atoms with E-state index >= 15 is 0 Å². The zero-order valence-electron chi connectivity index (χ0n) is 14.3. The average Bonchev–Trinajstić information content (AvgIpc) is 3.00. The lowest BCUT2D eigenvalue weighted by Crippen LogP contribution is -2.15. The number of fused-ring (bicyclic) bond motifs is 2. The number of thiophene rings is 1. The van der Waals surface area contributed by atoms with Crippen molar-refractivity contribution in [2.75, 3.05) is 19.8 Å². The Balaban J connectivity index is 1.71. The van der Waals surface area contributed by atoms with Crippen LogP contribution in [0.5, 0.6) is 11.5 Å². The van der Waals surface area contributed by atoms with Gasteiger partial charge in [-0.15, -0.1) is 11.3 Å². The quantitative estimate of drug-likeness (QED) is 0.492. The van der Waals surface area contributed by atoms with E-state index in [1.165, 1.54) is 29.4 Å². The summed E-state index contributed by atoms with van der Waals surface area (Å²) in [6.45, 7) is 5.16. The molecular weight excluding hydrogens is 372 g/mol. The number of ether oxygens (including phenoxy) is 3. The molecule has 3 heterocycles. The van der Waals surface area contributed by atoms with Gasteiger partial charge in [-0.1, -0.05) is 11.8 Å². The molecule has 0 fully saturated rings. The molecule has 3 aromatic rings. The average molecular weight is 388 g/mol. The second kappa shape index (κ2) is 7.13. The number of carbonyl (C=O) groups excluding carboxylic acids is 1. The zero-order valence-corrected chi connectivity index (χ0v) is 15.9. The number of benzene rings is 1. The number of carbonyl (C=O) groups is 1. The Kier molecular flexibility index (Phi) is 4.69. The first-order chi connectivity index (χ1) is 12.7. The minimum Gasteiger partial charge on any atom is -0.486 e. The van der Waals surface area contributed by atoms with E-state index in [0.717, 1.165) is 37.2 Å². The molecule has 6 nitrogen and oxygen atoms in total. The van der Waals surface area contributed by atoms with E-state index in [-0.39, 0.29) is 5.97 Å². The number of hydrogen-bond donors (Lipinski definition) is 0. The Bertz CT molecular complexity index is 987. The minimum absolute atomic E-state index is 0.316. The fourth-order valence-corrected chi connectivity index (χ4v) is 4.79. The third-order valence-electron chi connectivity index (χ3n) is 3.88. The van der Waals surface area contributed by atoms with Crippen molar-refractivity contribution in [2.45, 2.75) is 23.8 Å². The van der Waals surface area contributed by atoms with Crippen molar-refractivity contribution in [1.29, 1.82) is 0 Å². The van der Waals surface area contributed by atoms with E-state index in [4.69, 9.17) is 14.2 Å². The van der Waals surface area contributed by atoms with Crippen molar-refractivity contribution >= 4 is 39.3 Å². The Labute approximate surface area is 158 Å². The normalized spacial score (nSPS) is 13.0. The molecule has 26 heavy (non-hydrogen) atoms. The van der Waals surface area contributed by atoms with E-state index in [1.807, 2.05) is 25.1 Å². The van der Waals surface area contributed by atoms with Gasteiger partial charge in [-0.3, -0.25) is 0 Å². The molecule has 8 heteroatoms. The van der Waals surface area contributed by atoms with E-state index in [9.17, 15) is 4.79 Å². The molecule has 4 rings (SSSR count). The smallest absolute Gasteiger partial charge is 0.348 e. The second-order valence-corrected chi connectivity index (χ2v) is 7.60. The van der Waals surface area contributed by atoms with Gasteiger partial charge in [-0.2, -0.15) is 0 Å². The first kappa shape index (κ1) is 17.1. The fraction of sp³-hybridized carbons (Fsp3) is 0.278. The summed E-state index contributed by atoms with van der Waals surface area (Å²) < 4.78 is 16.4. The van der Waals surface area contributed by atoms with E-state index in [2.05, 4.69) is 9.97 Å². The summed E-state index contributed by atoms with van der Waals surface area (Å²) in [4.78, 5) is 23.3. The standard InChI is InChI=1S/C18H16N2O4S2/c1-3-22-18(21)15-10(2)14-16(19-9-20-17(14)26-15)25-11-4-5-12-13(8-11)24-7-6-23-12/h4-5,8-9H,3,6-7H2,1-2H3. The molecule has 134 valence electrons. The highest BCUT2D eigenvalue weighted by atomic mass is 32.2. The third-order valence-corrected chi connectivity index (χ3v) is 6.05. The van der Waals surface area contributed by atoms with Crippen LogP contribution in [0.2, 0.25) is 0 Å². The summed E-state index contributed by atoms with van der Waals surface area (Å²) in [6, 6.07) is 5.82. The maximum absolute atomic E-state index is 12.2. The molecular formula is C18H16N2O4S2. The SMILES string of the molecule is CCOC(=O)c1sc2ncnc(Sc3ccc4c(c3)OCCO4)c2c1C. The Morgan fingerprint density at radius 2 is 2.08 bits per heavy atom. The lowest BCUT2D eigenvalue weighted by atomic mass is 10.2. The largest absolute Gasteiger partial charge is 0.486 e. The molecule has 0 N–H and O–H groups in total. The molecule has 0 spiro atoms. The molecule has 1 aliphatic heterocycles. The van der Waals surface area contributed by atoms with Crippen molar-refractivity contribution in [3.63, 3.8) is 0 Å². The summed E-state index contributed by atoms with van der Waals surface area (Å²) in [5, 5.41) is 1.69. The zero-order chi connectivity index (χ0) is 18.1. The van der Waals surface area contributed by atoms with Gasteiger partial charge in [-0.25, -0.2) is 14.8 Å². The summed E-state index contributed by atoms with van der Waals surface area (Å²) in [5.74, 6) is 1.17. The Morgan fingerprint density at radius 3 is 2.88 bits per heavy atom. The van der Waals surface area contributed by atoms with Crippen molar-refractivity contribution in [3.05, 3.63) is 35.0 Å². The van der Waals surface area contributed by atoms with Gasteiger partial charge in [0.2, 0.25) is 0 Å². The van der Waals surface area contributed by atoms with Crippen molar-refractivity contribution < 1.29 is 19.0 Å². The van der Waals surface area contributed by atoms with E-state index in [0.29, 0.717) is 24.7 Å². The van der Waals surface area contributed by atoms with Crippen molar-refractivity contribution in [2.24, 2.45) is 0 Å². The van der Waals surface area contributed by atoms with Crippen LogP contribution in [0.25, 0.3) is 10.2 Å². The monoisotopic (exact) mass is 388 g/mol. The summed E-state index contributed by atoms with van der Waals surface area (Å²) in [7, 11) is 0. The molecule has 1 aromatic carbocycles. The summed E-state index contributed by atoms with van der Waals surface area (Å²) >= 11 is 2.85. The first-order valence-corrected chi connectivity index (χ1v) is 9.79. The third kappa shape index (κ3) is 3.10. The van der Waals surface area contributed by atoms with Crippen LogP contribution < -0.4 is 9.47 Å². The topological polar surface area (TPSA) is 70.5 Å². The van der Waals surface area contributed by atoms with E-state index in [1.54, 1.807) is 6.92 Å². The highest BCUT2D eigenvalue weighted by Gasteiger charge is 2.21. The van der Waals surface area contributed by atoms with Crippen molar-refractivity contribution in [1.82, 2.24) is 9.97 Å². The van der Waals surface area contributed by atoms with Gasteiger partial charge in [0, 0.05) is 10.3 Å². The minimum atomic E-state index is -0.316. The van der Waals surface area contributed by atoms with Gasteiger partial charge in [-0.05, 0) is 37.6 Å². The molecule has 1 aliphatic rings. The molecule has 2 aromatic heterocycles. The molecule has 0 saturated carbocycles. The highest BCUT2D eigenvalue weighted by Crippen LogP contribution is 2.40. The van der Waals surface area contributed by atoms with Gasteiger partial charge in [0.15, 0.2) is 11.5 Å². The number of aryl methyl sites for hydroxylation is 1. The maximum atomic E-state index is 12.2. The van der Waals surface area contributed by atoms with Crippen LogP contribution in [0.1, 0.15) is 22.2 Å². The number of esters is 1. The van der Waals surface area contributed by atoms with Crippen LogP contribution >= 0.6 is 23.1 Å². The Hall–Kier alpha value is -2.32. The summed E-state index contributed by atoms with van der Waals surface area (Å²) in [6.07, 6.45) is 1.52. The first-order valence-electron chi connectivity index (χ1n) is 8.16. The van der Waals surface area contributed by atoms with Crippen LogP contribution in [0.4, 0.5) is 0 Å². The van der Waals surface area contributed by atoms with Crippen LogP contribution in [-0.2, 0) is 4.74 Å². The lowest BCUT2D eigenvalue weighted by Gasteiger charge is -2.18. The second-order valence-electron chi connectivity index (χ2n) is 5.54.